The predicted octanol–water partition coefficient (Wildman–Crippen LogP) is 11.7. The van der Waals surface area contributed by atoms with E-state index in [9.17, 15) is 9.90 Å². The van der Waals surface area contributed by atoms with Gasteiger partial charge in [-0.3, -0.25) is 4.79 Å². The van der Waals surface area contributed by atoms with Crippen LogP contribution in [0.5, 0.6) is 0 Å². The molecule has 2 unspecified atom stereocenters. The maximum Gasteiger partial charge on any atom is 0.184 e. The zero-order chi connectivity index (χ0) is 38.8. The van der Waals surface area contributed by atoms with Crippen molar-refractivity contribution >= 4 is 41.0 Å². The van der Waals surface area contributed by atoms with E-state index in [0.717, 1.165) is 50.5 Å². The van der Waals surface area contributed by atoms with Crippen molar-refractivity contribution < 1.29 is 19.4 Å². The lowest BCUT2D eigenvalue weighted by molar-refractivity contribution is -0.0444. The highest BCUT2D eigenvalue weighted by atomic mass is 32.2. The molecule has 0 aliphatic carbocycles. The van der Waals surface area contributed by atoms with Gasteiger partial charge in [0, 0.05) is 43.9 Å². The third-order valence-electron chi connectivity index (χ3n) is 10.9. The van der Waals surface area contributed by atoms with E-state index in [1.54, 1.807) is 0 Å². The minimum Gasteiger partial charge on any atom is -0.380 e. The molecule has 0 aromatic heterocycles. The summed E-state index contributed by atoms with van der Waals surface area (Å²) in [6.07, 6.45) is 0.560. The standard InChI is InChI=1S/C26H26O3S.C24H20OS/c1-17-6-9-19(10-7-17)23-16-30-24-14-18(2)8-11-22(24)26(23,27)21-5-3-4-20(15-21)25-28-12-13-29-25;1-16-6-9-19(10-7-16)22-15-26-23-12-17(2)8-11-21(23)24(22)20-5-3-4-18(13-20)14-25/h3-11,14-15,23,25,27H,12-13,16H2,1-2H3;3-14H,15H2,1-2H3. The Balaban J connectivity index is 0.000000159. The number of aldehydes is 1. The highest BCUT2D eigenvalue weighted by Crippen LogP contribution is 2.52. The average molecular weight is 775 g/mol. The van der Waals surface area contributed by atoms with Gasteiger partial charge >= 0.3 is 0 Å². The zero-order valence-electron chi connectivity index (χ0n) is 32.3. The third-order valence-corrected chi connectivity index (χ3v) is 13.2. The first kappa shape index (κ1) is 38.2. The fourth-order valence-electron chi connectivity index (χ4n) is 7.93. The number of fused-ring (bicyclic) bond motifs is 2. The molecule has 1 saturated heterocycles. The van der Waals surface area contributed by atoms with Crippen LogP contribution in [0.1, 0.15) is 83.8 Å². The van der Waals surface area contributed by atoms with Crippen LogP contribution in [0.25, 0.3) is 11.1 Å². The number of hydrogen-bond acceptors (Lipinski definition) is 6. The Hall–Kier alpha value is -4.69. The van der Waals surface area contributed by atoms with Crippen molar-refractivity contribution in [1.82, 2.24) is 0 Å². The smallest absolute Gasteiger partial charge is 0.184 e. The second-order valence-corrected chi connectivity index (χ2v) is 17.1. The zero-order valence-corrected chi connectivity index (χ0v) is 33.9. The molecule has 6 heteroatoms. The normalized spacial score (nSPS) is 19.1. The van der Waals surface area contributed by atoms with E-state index < -0.39 is 5.60 Å². The molecule has 0 amide bonds. The van der Waals surface area contributed by atoms with Crippen LogP contribution in [0.2, 0.25) is 0 Å². The van der Waals surface area contributed by atoms with E-state index in [4.69, 9.17) is 9.47 Å². The Morgan fingerprint density at radius 2 is 1.30 bits per heavy atom. The lowest BCUT2D eigenvalue weighted by atomic mass is 9.73. The fraction of sp³-hybridized carbons (Fsp3) is 0.220. The molecule has 0 spiro atoms. The van der Waals surface area contributed by atoms with Gasteiger partial charge in [-0.15, -0.1) is 23.5 Å². The highest BCUT2D eigenvalue weighted by Gasteiger charge is 2.45. The monoisotopic (exact) mass is 774 g/mol. The summed E-state index contributed by atoms with van der Waals surface area (Å²) in [5.74, 6) is 1.69. The number of rotatable bonds is 6. The van der Waals surface area contributed by atoms with Gasteiger partial charge in [-0.2, -0.15) is 0 Å². The van der Waals surface area contributed by atoms with Crippen molar-refractivity contribution in [3.8, 4) is 0 Å². The molecule has 6 aromatic rings. The van der Waals surface area contributed by atoms with Gasteiger partial charge < -0.3 is 14.6 Å². The number of carbonyl (C=O) groups is 1. The summed E-state index contributed by atoms with van der Waals surface area (Å²) < 4.78 is 11.4. The molecule has 0 radical (unpaired) electrons. The van der Waals surface area contributed by atoms with Crippen LogP contribution >= 0.6 is 23.5 Å². The first-order valence-corrected chi connectivity index (χ1v) is 21.1. The van der Waals surface area contributed by atoms with Crippen molar-refractivity contribution in [2.45, 2.75) is 55.3 Å². The molecule has 4 nitrogen and oxygen atoms in total. The molecule has 56 heavy (non-hydrogen) atoms. The van der Waals surface area contributed by atoms with E-state index in [1.165, 1.54) is 49.4 Å². The number of aliphatic hydroxyl groups is 1. The summed E-state index contributed by atoms with van der Waals surface area (Å²) in [6, 6.07) is 46.3. The summed E-state index contributed by atoms with van der Waals surface area (Å²) in [5.41, 5.74) is 14.7. The average Bonchev–Trinajstić information content (AvgIpc) is 3.77. The molecule has 6 aromatic carbocycles. The van der Waals surface area contributed by atoms with Crippen LogP contribution in [0.4, 0.5) is 0 Å². The maximum atomic E-state index is 12.4. The number of hydrogen-bond donors (Lipinski definition) is 1. The molecule has 0 saturated carbocycles. The van der Waals surface area contributed by atoms with Crippen LogP contribution in [0.15, 0.2) is 143 Å². The summed E-state index contributed by atoms with van der Waals surface area (Å²) in [6.45, 7) is 9.64. The van der Waals surface area contributed by atoms with Gasteiger partial charge in [0.05, 0.1) is 13.2 Å². The molecular formula is C50H46O4S2. The van der Waals surface area contributed by atoms with Crippen molar-refractivity contribution in [3.63, 3.8) is 0 Å². The van der Waals surface area contributed by atoms with E-state index in [0.29, 0.717) is 18.8 Å². The molecular weight excluding hydrogens is 729 g/mol. The SMILES string of the molecule is Cc1ccc(C2=C(c3cccc(C=O)c3)c3ccc(C)cc3SC2)cc1.Cc1ccc(C2CSc3cc(C)ccc3C2(O)c2cccc(C3OCCO3)c2)cc1. The lowest BCUT2D eigenvalue weighted by Gasteiger charge is -2.42. The Labute approximate surface area is 339 Å². The van der Waals surface area contributed by atoms with Gasteiger partial charge in [0.1, 0.15) is 11.9 Å². The van der Waals surface area contributed by atoms with Gasteiger partial charge in [-0.05, 0) is 102 Å². The second kappa shape index (κ2) is 16.4. The Bertz CT molecular complexity index is 2410. The van der Waals surface area contributed by atoms with Gasteiger partial charge in [-0.25, -0.2) is 0 Å². The number of aryl methyl sites for hydroxylation is 4. The number of ether oxygens (including phenoxy) is 2. The topological polar surface area (TPSA) is 55.8 Å². The van der Waals surface area contributed by atoms with Crippen LogP contribution in [0.3, 0.4) is 0 Å². The van der Waals surface area contributed by atoms with Crippen LogP contribution in [-0.4, -0.2) is 36.1 Å². The number of benzene rings is 6. The molecule has 9 rings (SSSR count). The van der Waals surface area contributed by atoms with Gasteiger partial charge in [0.25, 0.3) is 0 Å². The summed E-state index contributed by atoms with van der Waals surface area (Å²) in [4.78, 5) is 13.8. The highest BCUT2D eigenvalue weighted by molar-refractivity contribution is 8.00. The van der Waals surface area contributed by atoms with Gasteiger partial charge in [0.2, 0.25) is 0 Å². The first-order valence-electron chi connectivity index (χ1n) is 19.2. The minimum atomic E-state index is -1.13. The van der Waals surface area contributed by atoms with Gasteiger partial charge in [0.15, 0.2) is 6.29 Å². The quantitative estimate of drug-likeness (QED) is 0.170. The van der Waals surface area contributed by atoms with Gasteiger partial charge in [-0.1, -0.05) is 120 Å². The van der Waals surface area contributed by atoms with E-state index >= 15 is 0 Å². The molecule has 1 N–H and O–H groups in total. The molecule has 1 fully saturated rings. The third kappa shape index (κ3) is 7.69. The molecule has 282 valence electrons. The Kier molecular flexibility index (Phi) is 11.2. The molecule has 0 bridgehead atoms. The van der Waals surface area contributed by atoms with Crippen molar-refractivity contribution in [1.29, 1.82) is 0 Å². The Morgan fingerprint density at radius 1 is 0.643 bits per heavy atom. The largest absolute Gasteiger partial charge is 0.380 e. The molecule has 3 aliphatic heterocycles. The number of carbonyl (C=O) groups excluding carboxylic acids is 1. The maximum absolute atomic E-state index is 12.4. The van der Waals surface area contributed by atoms with E-state index in [-0.39, 0.29) is 12.2 Å². The van der Waals surface area contributed by atoms with E-state index in [1.807, 2.05) is 59.9 Å². The summed E-state index contributed by atoms with van der Waals surface area (Å²) >= 11 is 3.72. The molecule has 3 aliphatic rings. The van der Waals surface area contributed by atoms with Crippen molar-refractivity contribution in [2.24, 2.45) is 0 Å². The lowest BCUT2D eigenvalue weighted by Crippen LogP contribution is -2.39. The van der Waals surface area contributed by atoms with Crippen molar-refractivity contribution in [2.75, 3.05) is 24.7 Å². The molecule has 3 heterocycles. The fourth-order valence-corrected chi connectivity index (χ4v) is 10.6. The van der Waals surface area contributed by atoms with E-state index in [2.05, 4.69) is 125 Å². The number of thioether (sulfide) groups is 2. The van der Waals surface area contributed by atoms with Crippen LogP contribution < -0.4 is 0 Å². The van der Waals surface area contributed by atoms with Crippen LogP contribution in [0, 0.1) is 27.7 Å². The van der Waals surface area contributed by atoms with Crippen LogP contribution in [-0.2, 0) is 15.1 Å². The molecule has 2 atom stereocenters. The first-order chi connectivity index (χ1) is 27.2. The summed E-state index contributed by atoms with van der Waals surface area (Å²) in [5, 5.41) is 12.4. The second-order valence-electron chi connectivity index (χ2n) is 15.0. The van der Waals surface area contributed by atoms with Crippen molar-refractivity contribution in [3.05, 3.63) is 200 Å². The summed E-state index contributed by atoms with van der Waals surface area (Å²) in [7, 11) is 0. The Morgan fingerprint density at radius 3 is 2.04 bits per heavy atom. The predicted molar refractivity (Wildman–Crippen MR) is 231 cm³/mol. The minimum absolute atomic E-state index is 0.0565.